The molecule has 0 radical (unpaired) electrons. The lowest BCUT2D eigenvalue weighted by Crippen LogP contribution is -2.26. The molecule has 2 fully saturated rings. The van der Waals surface area contributed by atoms with E-state index in [1.165, 1.54) is 24.8 Å². The van der Waals surface area contributed by atoms with E-state index >= 15 is 0 Å². The van der Waals surface area contributed by atoms with Gasteiger partial charge in [-0.3, -0.25) is 0 Å². The molecule has 2 rings (SSSR count). The second-order valence-corrected chi connectivity index (χ2v) is 4.52. The highest BCUT2D eigenvalue weighted by Crippen LogP contribution is 2.59. The van der Waals surface area contributed by atoms with Crippen LogP contribution in [0.5, 0.6) is 0 Å². The lowest BCUT2D eigenvalue weighted by Gasteiger charge is -2.34. The fraction of sp³-hybridized carbons (Fsp3) is 0.727. The van der Waals surface area contributed by atoms with Gasteiger partial charge in [0.25, 0.3) is 0 Å². The molecule has 2 saturated carbocycles. The van der Waals surface area contributed by atoms with Gasteiger partial charge < -0.3 is 4.79 Å². The minimum Gasteiger partial charge on any atom is -0.303 e. The highest BCUT2D eigenvalue weighted by atomic mass is 16.1. The molecular formula is C11H16O. The first kappa shape index (κ1) is 8.03. The zero-order chi connectivity index (χ0) is 8.77. The lowest BCUT2D eigenvalue weighted by atomic mass is 9.70. The number of allylic oxidation sites excluding steroid dienone is 1. The number of carbonyl (C=O) groups is 1. The molecular weight excluding hydrogens is 148 g/mol. The van der Waals surface area contributed by atoms with Crippen LogP contribution in [0.4, 0.5) is 0 Å². The number of rotatable bonds is 2. The van der Waals surface area contributed by atoms with Crippen molar-refractivity contribution in [2.75, 3.05) is 0 Å². The summed E-state index contributed by atoms with van der Waals surface area (Å²) < 4.78 is 0. The minimum atomic E-state index is 0.157. The molecule has 0 aromatic heterocycles. The standard InChI is InChI=1S/C11H16O/c1-8-9-3-4-10(7-9)11(8,2)5-6-12/h6,9-10H,1,3-5,7H2,2H3/t9-,10+,11+/m0/s1. The molecule has 2 bridgehead atoms. The van der Waals surface area contributed by atoms with Gasteiger partial charge in [0.05, 0.1) is 0 Å². The molecule has 0 spiro atoms. The SMILES string of the molecule is C=C1[C@H]2CC[C@H](C2)[C@]1(C)CC=O. The summed E-state index contributed by atoms with van der Waals surface area (Å²) in [6.45, 7) is 6.37. The van der Waals surface area contributed by atoms with E-state index in [1.807, 2.05) is 0 Å². The summed E-state index contributed by atoms with van der Waals surface area (Å²) in [7, 11) is 0. The van der Waals surface area contributed by atoms with Crippen LogP contribution in [0.2, 0.25) is 0 Å². The molecule has 2 aliphatic rings. The van der Waals surface area contributed by atoms with Gasteiger partial charge in [-0.15, -0.1) is 0 Å². The van der Waals surface area contributed by atoms with Crippen LogP contribution in [0.1, 0.15) is 32.6 Å². The highest BCUT2D eigenvalue weighted by molar-refractivity contribution is 5.53. The average Bonchev–Trinajstić information content (AvgIpc) is 2.57. The van der Waals surface area contributed by atoms with E-state index in [-0.39, 0.29) is 5.41 Å². The topological polar surface area (TPSA) is 17.1 Å². The number of hydrogen-bond acceptors (Lipinski definition) is 1. The first-order valence-corrected chi connectivity index (χ1v) is 4.81. The van der Waals surface area contributed by atoms with Crippen LogP contribution in [-0.2, 0) is 4.79 Å². The molecule has 0 unspecified atom stereocenters. The summed E-state index contributed by atoms with van der Waals surface area (Å²) in [5, 5.41) is 0. The van der Waals surface area contributed by atoms with Crippen molar-refractivity contribution in [2.45, 2.75) is 32.6 Å². The summed E-state index contributed by atoms with van der Waals surface area (Å²) in [4.78, 5) is 10.5. The Labute approximate surface area is 73.8 Å². The molecule has 66 valence electrons. The zero-order valence-corrected chi connectivity index (χ0v) is 7.68. The molecule has 1 nitrogen and oxygen atoms in total. The number of carbonyl (C=O) groups excluding carboxylic acids is 1. The maximum absolute atomic E-state index is 10.5. The second kappa shape index (κ2) is 2.45. The summed E-state index contributed by atoms with van der Waals surface area (Å²) >= 11 is 0. The molecule has 0 N–H and O–H groups in total. The molecule has 0 aromatic carbocycles. The Morgan fingerprint density at radius 3 is 2.92 bits per heavy atom. The number of aldehydes is 1. The Kier molecular flexibility index (Phi) is 1.64. The monoisotopic (exact) mass is 164 g/mol. The van der Waals surface area contributed by atoms with Crippen molar-refractivity contribution in [3.63, 3.8) is 0 Å². The molecule has 2 aliphatic carbocycles. The number of hydrogen-bond donors (Lipinski definition) is 0. The van der Waals surface area contributed by atoms with Gasteiger partial charge in [0.2, 0.25) is 0 Å². The fourth-order valence-corrected chi connectivity index (χ4v) is 3.08. The van der Waals surface area contributed by atoms with Gasteiger partial charge in [-0.25, -0.2) is 0 Å². The molecule has 0 aromatic rings. The molecule has 0 aliphatic heterocycles. The van der Waals surface area contributed by atoms with Gasteiger partial charge in [0.1, 0.15) is 6.29 Å². The quantitative estimate of drug-likeness (QED) is 0.453. The van der Waals surface area contributed by atoms with Gasteiger partial charge in [-0.05, 0) is 36.5 Å². The molecule has 12 heavy (non-hydrogen) atoms. The van der Waals surface area contributed by atoms with Gasteiger partial charge in [-0.2, -0.15) is 0 Å². The third-order valence-electron chi connectivity index (χ3n) is 4.07. The van der Waals surface area contributed by atoms with E-state index < -0.39 is 0 Å². The van der Waals surface area contributed by atoms with Crippen LogP contribution >= 0.6 is 0 Å². The summed E-state index contributed by atoms with van der Waals surface area (Å²) in [6, 6.07) is 0. The van der Waals surface area contributed by atoms with Crippen LogP contribution in [0.15, 0.2) is 12.2 Å². The lowest BCUT2D eigenvalue weighted by molar-refractivity contribution is -0.109. The first-order valence-electron chi connectivity index (χ1n) is 4.81. The van der Waals surface area contributed by atoms with E-state index in [0.717, 1.165) is 18.1 Å². The molecule has 0 saturated heterocycles. The van der Waals surface area contributed by atoms with Crippen molar-refractivity contribution in [2.24, 2.45) is 17.3 Å². The maximum atomic E-state index is 10.5. The van der Waals surface area contributed by atoms with Crippen LogP contribution in [0.25, 0.3) is 0 Å². The first-order chi connectivity index (χ1) is 5.68. The zero-order valence-electron chi connectivity index (χ0n) is 7.68. The van der Waals surface area contributed by atoms with Crippen LogP contribution in [-0.4, -0.2) is 6.29 Å². The third kappa shape index (κ3) is 0.825. The second-order valence-electron chi connectivity index (χ2n) is 4.52. The van der Waals surface area contributed by atoms with Gasteiger partial charge >= 0.3 is 0 Å². The van der Waals surface area contributed by atoms with Crippen molar-refractivity contribution < 1.29 is 4.79 Å². The van der Waals surface area contributed by atoms with E-state index in [1.54, 1.807) is 0 Å². The van der Waals surface area contributed by atoms with Crippen LogP contribution < -0.4 is 0 Å². The minimum absolute atomic E-state index is 0.157. The van der Waals surface area contributed by atoms with Gasteiger partial charge in [0, 0.05) is 6.42 Å². The van der Waals surface area contributed by atoms with E-state index in [0.29, 0.717) is 6.42 Å². The van der Waals surface area contributed by atoms with Crippen molar-refractivity contribution in [3.8, 4) is 0 Å². The normalized spacial score (nSPS) is 45.2. The smallest absolute Gasteiger partial charge is 0.120 e. The predicted octanol–water partition coefficient (Wildman–Crippen LogP) is 2.57. The van der Waals surface area contributed by atoms with Crippen molar-refractivity contribution in [1.29, 1.82) is 0 Å². The van der Waals surface area contributed by atoms with E-state index in [4.69, 9.17) is 0 Å². The Balaban J connectivity index is 2.25. The number of fused-ring (bicyclic) bond motifs is 2. The van der Waals surface area contributed by atoms with Gasteiger partial charge in [-0.1, -0.05) is 19.1 Å². The van der Waals surface area contributed by atoms with Crippen LogP contribution in [0.3, 0.4) is 0 Å². The highest BCUT2D eigenvalue weighted by Gasteiger charge is 2.50. The van der Waals surface area contributed by atoms with Crippen LogP contribution in [0, 0.1) is 17.3 Å². The van der Waals surface area contributed by atoms with E-state index in [9.17, 15) is 4.79 Å². The third-order valence-corrected chi connectivity index (χ3v) is 4.07. The Morgan fingerprint density at radius 2 is 2.42 bits per heavy atom. The summed E-state index contributed by atoms with van der Waals surface area (Å²) in [5.41, 5.74) is 1.51. The Bertz CT molecular complexity index is 231. The van der Waals surface area contributed by atoms with Gasteiger partial charge in [0.15, 0.2) is 0 Å². The molecule has 3 atom stereocenters. The fourth-order valence-electron chi connectivity index (χ4n) is 3.08. The van der Waals surface area contributed by atoms with E-state index in [2.05, 4.69) is 13.5 Å². The largest absolute Gasteiger partial charge is 0.303 e. The van der Waals surface area contributed by atoms with Crippen molar-refractivity contribution >= 4 is 6.29 Å². The Hall–Kier alpha value is -0.590. The van der Waals surface area contributed by atoms with Crippen molar-refractivity contribution in [1.82, 2.24) is 0 Å². The molecule has 1 heteroatoms. The predicted molar refractivity (Wildman–Crippen MR) is 48.8 cm³/mol. The average molecular weight is 164 g/mol. The van der Waals surface area contributed by atoms with Crippen molar-refractivity contribution in [3.05, 3.63) is 12.2 Å². The molecule has 0 amide bonds. The maximum Gasteiger partial charge on any atom is 0.120 e. The molecule has 0 heterocycles. The Morgan fingerprint density at radius 1 is 1.67 bits per heavy atom. The summed E-state index contributed by atoms with van der Waals surface area (Å²) in [5.74, 6) is 1.49. The summed E-state index contributed by atoms with van der Waals surface area (Å²) in [6.07, 6.45) is 5.67.